The lowest BCUT2D eigenvalue weighted by molar-refractivity contribution is 0.0155. The van der Waals surface area contributed by atoms with Gasteiger partial charge in [0.2, 0.25) is 5.95 Å². The highest BCUT2D eigenvalue weighted by atomic mass is 19.3. The summed E-state index contributed by atoms with van der Waals surface area (Å²) in [5.41, 5.74) is 1.29. The number of aryl methyl sites for hydroxylation is 1. The first-order chi connectivity index (χ1) is 11.9. The third kappa shape index (κ3) is 4.24. The maximum Gasteiger partial charge on any atom is 0.270 e. The van der Waals surface area contributed by atoms with Crippen molar-refractivity contribution in [1.82, 2.24) is 9.97 Å². The zero-order valence-electron chi connectivity index (χ0n) is 14.6. The summed E-state index contributed by atoms with van der Waals surface area (Å²) in [4.78, 5) is 10.9. The summed E-state index contributed by atoms with van der Waals surface area (Å²) in [6, 6.07) is 4.90. The predicted octanol–water partition coefficient (Wildman–Crippen LogP) is 4.47. The van der Waals surface area contributed by atoms with Crippen LogP contribution in [0.5, 0.6) is 5.75 Å². The largest absolute Gasteiger partial charge is 0.486 e. The summed E-state index contributed by atoms with van der Waals surface area (Å²) in [6.45, 7) is 4.72. The van der Waals surface area contributed by atoms with Crippen LogP contribution in [-0.4, -0.2) is 23.1 Å². The molecule has 0 saturated carbocycles. The lowest BCUT2D eigenvalue weighted by Gasteiger charge is -2.26. The van der Waals surface area contributed by atoms with Crippen LogP contribution < -0.4 is 9.64 Å². The molecule has 134 valence electrons. The monoisotopic (exact) mass is 347 g/mol. The van der Waals surface area contributed by atoms with Crippen LogP contribution in [0.1, 0.15) is 42.9 Å². The molecule has 4 nitrogen and oxygen atoms in total. The van der Waals surface area contributed by atoms with Crippen LogP contribution in [0, 0.1) is 6.92 Å². The number of rotatable bonds is 5. The van der Waals surface area contributed by atoms with E-state index in [9.17, 15) is 8.78 Å². The van der Waals surface area contributed by atoms with Gasteiger partial charge in [0.05, 0.1) is 12.4 Å². The molecule has 1 aliphatic rings. The predicted molar refractivity (Wildman–Crippen MR) is 93.2 cm³/mol. The fourth-order valence-electron chi connectivity index (χ4n) is 3.10. The van der Waals surface area contributed by atoms with Crippen molar-refractivity contribution in [3.63, 3.8) is 0 Å². The summed E-state index contributed by atoms with van der Waals surface area (Å²) in [5, 5.41) is 0. The van der Waals surface area contributed by atoms with Gasteiger partial charge >= 0.3 is 0 Å². The summed E-state index contributed by atoms with van der Waals surface area (Å²) in [6.07, 6.45) is 6.78. The quantitative estimate of drug-likeness (QED) is 0.800. The van der Waals surface area contributed by atoms with Gasteiger partial charge in [0, 0.05) is 31.1 Å². The number of anilines is 1. The number of aromatic nitrogens is 2. The molecule has 0 atom stereocenters. The topological polar surface area (TPSA) is 38.2 Å². The molecule has 0 radical (unpaired) electrons. The summed E-state index contributed by atoms with van der Waals surface area (Å²) in [5.74, 6) is -1.72. The summed E-state index contributed by atoms with van der Waals surface area (Å²) >= 11 is 0. The Morgan fingerprint density at radius 1 is 1.12 bits per heavy atom. The van der Waals surface area contributed by atoms with Crippen LogP contribution in [0.3, 0.4) is 0 Å². The molecule has 0 amide bonds. The van der Waals surface area contributed by atoms with Crippen LogP contribution in [-0.2, 0) is 12.5 Å². The van der Waals surface area contributed by atoms with Crippen molar-refractivity contribution in [3.05, 3.63) is 47.3 Å². The molecule has 0 bridgehead atoms. The first-order valence-electron chi connectivity index (χ1n) is 8.62. The molecule has 0 N–H and O–H groups in total. The second-order valence-corrected chi connectivity index (χ2v) is 6.54. The van der Waals surface area contributed by atoms with Crippen molar-refractivity contribution in [2.45, 2.75) is 45.6 Å². The standard InChI is InChI=1S/C19H23F2N3O/c1-14-7-6-8-17(19(2,20)21)16(14)13-25-15-11-22-18(23-12-15)24-9-4-3-5-10-24/h6-8,11-12H,3-5,9-10,13H2,1-2H3. The normalized spacial score (nSPS) is 15.3. The molecule has 2 heterocycles. The van der Waals surface area contributed by atoms with Crippen molar-refractivity contribution >= 4 is 5.95 Å². The number of piperidine rings is 1. The molecule has 1 fully saturated rings. The van der Waals surface area contributed by atoms with Crippen molar-refractivity contribution in [2.75, 3.05) is 18.0 Å². The van der Waals surface area contributed by atoms with Gasteiger partial charge in [0.25, 0.3) is 5.92 Å². The molecule has 1 aromatic carbocycles. The van der Waals surface area contributed by atoms with Crippen LogP contribution >= 0.6 is 0 Å². The minimum atomic E-state index is -2.90. The number of hydrogen-bond acceptors (Lipinski definition) is 4. The van der Waals surface area contributed by atoms with E-state index in [0.29, 0.717) is 17.3 Å². The van der Waals surface area contributed by atoms with E-state index in [-0.39, 0.29) is 12.2 Å². The van der Waals surface area contributed by atoms with E-state index in [1.165, 1.54) is 12.5 Å². The molecule has 0 spiro atoms. The minimum Gasteiger partial charge on any atom is -0.486 e. The average molecular weight is 347 g/mol. The van der Waals surface area contributed by atoms with E-state index in [0.717, 1.165) is 38.4 Å². The lowest BCUT2D eigenvalue weighted by atomic mass is 9.98. The minimum absolute atomic E-state index is 0.00152. The Balaban J connectivity index is 1.70. The first-order valence-corrected chi connectivity index (χ1v) is 8.62. The van der Waals surface area contributed by atoms with Crippen LogP contribution in [0.15, 0.2) is 30.6 Å². The Bertz CT molecular complexity index is 708. The van der Waals surface area contributed by atoms with Crippen molar-refractivity contribution in [3.8, 4) is 5.75 Å². The molecule has 1 saturated heterocycles. The Kier molecular flexibility index (Phi) is 5.16. The first kappa shape index (κ1) is 17.6. The molecule has 0 aliphatic carbocycles. The second-order valence-electron chi connectivity index (χ2n) is 6.54. The number of hydrogen-bond donors (Lipinski definition) is 0. The van der Waals surface area contributed by atoms with Crippen molar-refractivity contribution in [1.29, 1.82) is 0 Å². The van der Waals surface area contributed by atoms with Crippen LogP contribution in [0.2, 0.25) is 0 Å². The van der Waals surface area contributed by atoms with Gasteiger partial charge in [-0.15, -0.1) is 0 Å². The van der Waals surface area contributed by atoms with E-state index < -0.39 is 5.92 Å². The number of alkyl halides is 2. The van der Waals surface area contributed by atoms with E-state index in [4.69, 9.17) is 4.74 Å². The summed E-state index contributed by atoms with van der Waals surface area (Å²) in [7, 11) is 0. The number of halogens is 2. The Labute approximate surface area is 146 Å². The Hall–Kier alpha value is -2.24. The molecular formula is C19H23F2N3O. The van der Waals surface area contributed by atoms with Crippen LogP contribution in [0.4, 0.5) is 14.7 Å². The fraction of sp³-hybridized carbons (Fsp3) is 0.474. The van der Waals surface area contributed by atoms with Gasteiger partial charge in [-0.3, -0.25) is 0 Å². The highest BCUT2D eigenvalue weighted by molar-refractivity contribution is 5.37. The van der Waals surface area contributed by atoms with E-state index in [1.807, 2.05) is 13.0 Å². The molecule has 3 rings (SSSR count). The number of nitrogens with zero attached hydrogens (tertiary/aromatic N) is 3. The zero-order chi connectivity index (χ0) is 17.9. The molecular weight excluding hydrogens is 324 g/mol. The van der Waals surface area contributed by atoms with E-state index in [1.54, 1.807) is 18.5 Å². The number of ether oxygens (including phenoxy) is 1. The van der Waals surface area contributed by atoms with Gasteiger partial charge in [-0.05, 0) is 31.7 Å². The third-order valence-electron chi connectivity index (χ3n) is 4.52. The van der Waals surface area contributed by atoms with Gasteiger partial charge in [-0.25, -0.2) is 18.7 Å². The molecule has 6 heteroatoms. The second kappa shape index (κ2) is 7.33. The van der Waals surface area contributed by atoms with Gasteiger partial charge in [0.15, 0.2) is 5.75 Å². The van der Waals surface area contributed by atoms with Gasteiger partial charge in [0.1, 0.15) is 6.61 Å². The highest BCUT2D eigenvalue weighted by Gasteiger charge is 2.28. The zero-order valence-corrected chi connectivity index (χ0v) is 14.6. The van der Waals surface area contributed by atoms with Crippen molar-refractivity contribution < 1.29 is 13.5 Å². The molecule has 2 aromatic rings. The van der Waals surface area contributed by atoms with Crippen molar-refractivity contribution in [2.24, 2.45) is 0 Å². The Morgan fingerprint density at radius 2 is 1.80 bits per heavy atom. The molecule has 1 aromatic heterocycles. The third-order valence-corrected chi connectivity index (χ3v) is 4.52. The Morgan fingerprint density at radius 3 is 2.44 bits per heavy atom. The maximum atomic E-state index is 13.8. The van der Waals surface area contributed by atoms with Gasteiger partial charge in [-0.1, -0.05) is 18.2 Å². The lowest BCUT2D eigenvalue weighted by Crippen LogP contribution is -2.30. The average Bonchev–Trinajstić information content (AvgIpc) is 2.61. The fourth-order valence-corrected chi connectivity index (χ4v) is 3.10. The molecule has 0 unspecified atom stereocenters. The van der Waals surface area contributed by atoms with Gasteiger partial charge in [-0.2, -0.15) is 0 Å². The summed E-state index contributed by atoms with van der Waals surface area (Å²) < 4.78 is 33.3. The molecule has 25 heavy (non-hydrogen) atoms. The maximum absolute atomic E-state index is 13.8. The van der Waals surface area contributed by atoms with E-state index in [2.05, 4.69) is 14.9 Å². The van der Waals surface area contributed by atoms with E-state index >= 15 is 0 Å². The van der Waals surface area contributed by atoms with Crippen LogP contribution in [0.25, 0.3) is 0 Å². The number of benzene rings is 1. The molecule has 1 aliphatic heterocycles. The SMILES string of the molecule is Cc1cccc(C(C)(F)F)c1COc1cnc(N2CCCCC2)nc1. The highest BCUT2D eigenvalue weighted by Crippen LogP contribution is 2.32. The van der Waals surface area contributed by atoms with Gasteiger partial charge < -0.3 is 9.64 Å². The smallest absolute Gasteiger partial charge is 0.270 e.